The van der Waals surface area contributed by atoms with Crippen LogP contribution in [0.5, 0.6) is 0 Å². The second kappa shape index (κ2) is 10.1. The molecule has 1 rings (SSSR count). The largest absolute Gasteiger partial charge is 0.469 e. The lowest BCUT2D eigenvalue weighted by atomic mass is 10.1. The van der Waals surface area contributed by atoms with E-state index in [4.69, 9.17) is 4.84 Å². The molecule has 0 saturated heterocycles. The van der Waals surface area contributed by atoms with Crippen LogP contribution in [0.4, 0.5) is 0 Å². The fraction of sp³-hybridized carbons (Fsp3) is 0.375. The molecule has 1 aromatic rings. The van der Waals surface area contributed by atoms with Crippen molar-refractivity contribution in [2.24, 2.45) is 5.16 Å². The number of ketones is 1. The van der Waals surface area contributed by atoms with Gasteiger partial charge in [-0.3, -0.25) is 9.59 Å². The van der Waals surface area contributed by atoms with Crippen molar-refractivity contribution in [3.05, 3.63) is 35.9 Å². The first-order valence-corrected chi connectivity index (χ1v) is 7.00. The van der Waals surface area contributed by atoms with Crippen LogP contribution >= 0.6 is 0 Å². The summed E-state index contributed by atoms with van der Waals surface area (Å²) in [7, 11) is 2.42. The minimum atomic E-state index is -0.874. The Kier molecular flexibility index (Phi) is 8.06. The van der Waals surface area contributed by atoms with E-state index < -0.39 is 23.4 Å². The Morgan fingerprint density at radius 1 is 1.00 bits per heavy atom. The summed E-state index contributed by atoms with van der Waals surface area (Å²) in [5.74, 6) is -1.84. The molecular weight excluding hydrogens is 302 g/mol. The molecule has 0 N–H and O–H groups in total. The van der Waals surface area contributed by atoms with Gasteiger partial charge in [0.05, 0.1) is 14.2 Å². The summed E-state index contributed by atoms with van der Waals surface area (Å²) in [6.45, 7) is 0.122. The Balaban J connectivity index is 2.60. The molecule has 0 aliphatic heterocycles. The average Bonchev–Trinajstić information content (AvgIpc) is 2.58. The molecule has 23 heavy (non-hydrogen) atoms. The zero-order valence-electron chi connectivity index (χ0n) is 13.1. The number of oxime groups is 1. The van der Waals surface area contributed by atoms with Gasteiger partial charge >= 0.3 is 11.9 Å². The van der Waals surface area contributed by atoms with Gasteiger partial charge in [0.2, 0.25) is 5.71 Å². The number of nitrogens with zero attached hydrogens (tertiary/aromatic N) is 1. The normalized spacial score (nSPS) is 10.8. The summed E-state index contributed by atoms with van der Waals surface area (Å²) in [4.78, 5) is 39.6. The number of methoxy groups -OCH3 is 2. The summed E-state index contributed by atoms with van der Waals surface area (Å²) in [5.41, 5.74) is 0.423. The van der Waals surface area contributed by atoms with E-state index in [1.54, 1.807) is 0 Å². The van der Waals surface area contributed by atoms with Gasteiger partial charge in [-0.05, 0) is 12.0 Å². The van der Waals surface area contributed by atoms with Crippen molar-refractivity contribution in [2.75, 3.05) is 14.2 Å². The summed E-state index contributed by atoms with van der Waals surface area (Å²) in [6, 6.07) is 9.18. The SMILES string of the molecule is COC(=O)CCCC(=O)/C(=N/OCc1ccccc1)C(=O)OC. The molecule has 0 saturated carbocycles. The Morgan fingerprint density at radius 2 is 1.70 bits per heavy atom. The van der Waals surface area contributed by atoms with Crippen LogP contribution in [-0.2, 0) is 35.3 Å². The molecule has 0 atom stereocenters. The number of ether oxygens (including phenoxy) is 2. The van der Waals surface area contributed by atoms with E-state index in [9.17, 15) is 14.4 Å². The van der Waals surface area contributed by atoms with E-state index >= 15 is 0 Å². The summed E-state index contributed by atoms with van der Waals surface area (Å²) >= 11 is 0. The molecule has 7 heteroatoms. The first-order valence-electron chi connectivity index (χ1n) is 7.00. The molecule has 124 valence electrons. The Hall–Kier alpha value is -2.70. The third-order valence-electron chi connectivity index (χ3n) is 2.89. The molecule has 0 aliphatic carbocycles. The van der Waals surface area contributed by atoms with Gasteiger partial charge in [0.15, 0.2) is 5.78 Å². The van der Waals surface area contributed by atoms with Crippen molar-refractivity contribution in [3.63, 3.8) is 0 Å². The minimum absolute atomic E-state index is 0.0300. The predicted octanol–water partition coefficient (Wildman–Crippen LogP) is 1.64. The number of carbonyl (C=O) groups excluding carboxylic acids is 3. The molecule has 0 amide bonds. The van der Waals surface area contributed by atoms with Crippen molar-refractivity contribution in [3.8, 4) is 0 Å². The molecule has 0 radical (unpaired) electrons. The third kappa shape index (κ3) is 6.73. The highest BCUT2D eigenvalue weighted by atomic mass is 16.6. The highest BCUT2D eigenvalue weighted by Crippen LogP contribution is 2.04. The zero-order chi connectivity index (χ0) is 17.1. The molecule has 0 heterocycles. The predicted molar refractivity (Wildman–Crippen MR) is 81.6 cm³/mol. The smallest absolute Gasteiger partial charge is 0.363 e. The van der Waals surface area contributed by atoms with Gasteiger partial charge in [0.1, 0.15) is 6.61 Å². The van der Waals surface area contributed by atoms with Crippen LogP contribution < -0.4 is 0 Å². The standard InChI is InChI=1S/C16H19NO6/c1-21-14(19)10-6-9-13(18)15(16(20)22-2)17-23-11-12-7-4-3-5-8-12/h3-5,7-8H,6,9-11H2,1-2H3/b17-15-. The van der Waals surface area contributed by atoms with Crippen molar-refractivity contribution < 1.29 is 28.7 Å². The maximum atomic E-state index is 12.0. The number of hydrogen-bond donors (Lipinski definition) is 0. The lowest BCUT2D eigenvalue weighted by Gasteiger charge is -2.05. The molecule has 7 nitrogen and oxygen atoms in total. The van der Waals surface area contributed by atoms with Gasteiger partial charge in [-0.25, -0.2) is 4.79 Å². The van der Waals surface area contributed by atoms with Gasteiger partial charge in [-0.1, -0.05) is 35.5 Å². The number of rotatable bonds is 9. The van der Waals surface area contributed by atoms with Crippen LogP contribution in [0.25, 0.3) is 0 Å². The van der Waals surface area contributed by atoms with E-state index in [-0.39, 0.29) is 25.9 Å². The van der Waals surface area contributed by atoms with E-state index in [1.165, 1.54) is 7.11 Å². The molecule has 0 aliphatic rings. The number of esters is 2. The summed E-state index contributed by atoms with van der Waals surface area (Å²) in [6.07, 6.45) is 0.305. The lowest BCUT2D eigenvalue weighted by molar-refractivity contribution is -0.140. The Labute approximate surface area is 134 Å². The minimum Gasteiger partial charge on any atom is -0.469 e. The quantitative estimate of drug-likeness (QED) is 0.297. The van der Waals surface area contributed by atoms with Crippen LogP contribution in [0.2, 0.25) is 0 Å². The van der Waals surface area contributed by atoms with Crippen LogP contribution in [0.1, 0.15) is 24.8 Å². The molecule has 0 bridgehead atoms. The van der Waals surface area contributed by atoms with Crippen LogP contribution in [0.15, 0.2) is 35.5 Å². The second-order valence-electron chi connectivity index (χ2n) is 4.54. The van der Waals surface area contributed by atoms with Crippen LogP contribution in [-0.4, -0.2) is 37.7 Å². The van der Waals surface area contributed by atoms with E-state index in [0.717, 1.165) is 12.7 Å². The van der Waals surface area contributed by atoms with Crippen molar-refractivity contribution in [1.29, 1.82) is 0 Å². The van der Waals surface area contributed by atoms with Gasteiger partial charge in [-0.15, -0.1) is 0 Å². The Bertz CT molecular complexity index is 567. The number of benzene rings is 1. The highest BCUT2D eigenvalue weighted by Gasteiger charge is 2.22. The average molecular weight is 321 g/mol. The molecule has 1 aromatic carbocycles. The monoisotopic (exact) mass is 321 g/mol. The van der Waals surface area contributed by atoms with Crippen LogP contribution in [0.3, 0.4) is 0 Å². The van der Waals surface area contributed by atoms with Gasteiger partial charge in [-0.2, -0.15) is 0 Å². The lowest BCUT2D eigenvalue weighted by Crippen LogP contribution is -2.26. The fourth-order valence-electron chi connectivity index (χ4n) is 1.66. The number of Topliss-reactive ketones (excluding diaryl/α,β-unsaturated/α-hetero) is 1. The topological polar surface area (TPSA) is 91.3 Å². The van der Waals surface area contributed by atoms with Crippen molar-refractivity contribution in [1.82, 2.24) is 0 Å². The summed E-state index contributed by atoms with van der Waals surface area (Å²) < 4.78 is 9.00. The van der Waals surface area contributed by atoms with E-state index in [1.807, 2.05) is 30.3 Å². The number of hydrogen-bond acceptors (Lipinski definition) is 7. The first kappa shape index (κ1) is 18.3. The molecule has 0 aromatic heterocycles. The van der Waals surface area contributed by atoms with Gasteiger partial charge in [0.25, 0.3) is 0 Å². The fourth-order valence-corrected chi connectivity index (χ4v) is 1.66. The van der Waals surface area contributed by atoms with Gasteiger partial charge < -0.3 is 14.3 Å². The maximum Gasteiger partial charge on any atom is 0.363 e. The van der Waals surface area contributed by atoms with Crippen LogP contribution in [0, 0.1) is 0 Å². The second-order valence-corrected chi connectivity index (χ2v) is 4.54. The van der Waals surface area contributed by atoms with Crippen molar-refractivity contribution in [2.45, 2.75) is 25.9 Å². The molecule has 0 fully saturated rings. The maximum absolute atomic E-state index is 12.0. The molecule has 0 unspecified atom stereocenters. The van der Waals surface area contributed by atoms with Crippen molar-refractivity contribution >= 4 is 23.4 Å². The highest BCUT2D eigenvalue weighted by molar-refractivity contribution is 6.64. The Morgan fingerprint density at radius 3 is 2.30 bits per heavy atom. The number of carbonyl (C=O) groups is 3. The summed E-state index contributed by atoms with van der Waals surface area (Å²) in [5, 5.41) is 3.58. The van der Waals surface area contributed by atoms with E-state index in [2.05, 4.69) is 14.6 Å². The molecule has 0 spiro atoms. The van der Waals surface area contributed by atoms with E-state index in [0.29, 0.717) is 0 Å². The third-order valence-corrected chi connectivity index (χ3v) is 2.89. The molecular formula is C16H19NO6. The first-order chi connectivity index (χ1) is 11.1. The zero-order valence-corrected chi connectivity index (χ0v) is 13.1. The van der Waals surface area contributed by atoms with Gasteiger partial charge in [0, 0.05) is 12.8 Å².